The molecule has 4 rings (SSSR count). The summed E-state index contributed by atoms with van der Waals surface area (Å²) in [6, 6.07) is 5.90. The summed E-state index contributed by atoms with van der Waals surface area (Å²) in [6.07, 6.45) is 3.11. The van der Waals surface area contributed by atoms with Crippen molar-refractivity contribution in [2.45, 2.75) is 17.7 Å². The number of ether oxygens (including phenoxy) is 1. The van der Waals surface area contributed by atoms with Crippen LogP contribution in [0.15, 0.2) is 35.4 Å². The van der Waals surface area contributed by atoms with Crippen molar-refractivity contribution in [1.82, 2.24) is 8.87 Å². The number of aryl methyl sites for hydroxylation is 1. The Bertz CT molecular complexity index is 1040. The van der Waals surface area contributed by atoms with Gasteiger partial charge >= 0.3 is 0 Å². The third-order valence-corrected chi connectivity index (χ3v) is 7.34. The Morgan fingerprint density at radius 2 is 1.80 bits per heavy atom. The van der Waals surface area contributed by atoms with Crippen LogP contribution in [0, 0.1) is 5.82 Å². The molecule has 0 radical (unpaired) electrons. The Hall–Kier alpha value is -2.43. The van der Waals surface area contributed by atoms with E-state index < -0.39 is 21.7 Å². The minimum atomic E-state index is -3.61. The van der Waals surface area contributed by atoms with Gasteiger partial charge in [0.1, 0.15) is 16.4 Å². The Balaban J connectivity index is 1.50. The van der Waals surface area contributed by atoms with Crippen LogP contribution in [0.2, 0.25) is 0 Å². The lowest BCUT2D eigenvalue weighted by atomic mass is 10.2. The van der Waals surface area contributed by atoms with Gasteiger partial charge in [0.2, 0.25) is 10.0 Å². The summed E-state index contributed by atoms with van der Waals surface area (Å²) in [6.45, 7) is 3.31. The predicted octanol–water partition coefficient (Wildman–Crippen LogP) is 2.04. The molecule has 2 aromatic rings. The number of nitrogens with one attached hydrogen (secondary N) is 1. The Morgan fingerprint density at radius 1 is 1.10 bits per heavy atom. The minimum Gasteiger partial charge on any atom is -0.378 e. The largest absolute Gasteiger partial charge is 0.378 e. The summed E-state index contributed by atoms with van der Waals surface area (Å²) < 4.78 is 48.2. The molecule has 3 heterocycles. The second kappa shape index (κ2) is 8.37. The molecule has 10 heteroatoms. The number of sulfonamides is 1. The highest BCUT2D eigenvalue weighted by atomic mass is 32.2. The molecule has 0 unspecified atom stereocenters. The first kappa shape index (κ1) is 20.8. The van der Waals surface area contributed by atoms with Crippen molar-refractivity contribution in [2.75, 3.05) is 49.6 Å². The van der Waals surface area contributed by atoms with Crippen LogP contribution >= 0.6 is 0 Å². The van der Waals surface area contributed by atoms with Crippen LogP contribution in [-0.2, 0) is 21.8 Å². The van der Waals surface area contributed by atoms with Crippen molar-refractivity contribution in [3.63, 3.8) is 0 Å². The summed E-state index contributed by atoms with van der Waals surface area (Å²) in [7, 11) is -2.00. The number of amides is 1. The van der Waals surface area contributed by atoms with Gasteiger partial charge in [0.05, 0.1) is 18.9 Å². The van der Waals surface area contributed by atoms with E-state index in [0.29, 0.717) is 50.8 Å². The minimum absolute atomic E-state index is 0.0888. The number of hydrogen-bond donors (Lipinski definition) is 1. The molecular formula is C20H25FN4O4S. The number of aromatic nitrogens is 1. The molecule has 0 saturated carbocycles. The average molecular weight is 437 g/mol. The highest BCUT2D eigenvalue weighted by Crippen LogP contribution is 2.25. The number of nitrogens with zero attached hydrogens (tertiary/aromatic N) is 3. The fourth-order valence-corrected chi connectivity index (χ4v) is 5.41. The zero-order valence-electron chi connectivity index (χ0n) is 16.8. The monoisotopic (exact) mass is 436 g/mol. The van der Waals surface area contributed by atoms with E-state index in [4.69, 9.17) is 4.74 Å². The number of halogens is 1. The molecular weight excluding hydrogens is 411 g/mol. The third kappa shape index (κ3) is 4.07. The smallest absolute Gasteiger partial charge is 0.272 e. The lowest BCUT2D eigenvalue weighted by Gasteiger charge is -2.29. The van der Waals surface area contributed by atoms with Crippen LogP contribution in [-0.4, -0.2) is 62.6 Å². The van der Waals surface area contributed by atoms with Crippen LogP contribution in [0.5, 0.6) is 0 Å². The summed E-state index contributed by atoms with van der Waals surface area (Å²) >= 11 is 0. The molecule has 162 valence electrons. The number of anilines is 2. The zero-order chi connectivity index (χ0) is 21.3. The van der Waals surface area contributed by atoms with Gasteiger partial charge in [-0.3, -0.25) is 4.79 Å². The summed E-state index contributed by atoms with van der Waals surface area (Å²) in [5, 5.41) is 2.65. The molecule has 0 aliphatic carbocycles. The Kier molecular flexibility index (Phi) is 5.81. The number of morpholine rings is 1. The second-order valence-corrected chi connectivity index (χ2v) is 9.44. The molecule has 0 bridgehead atoms. The molecule has 2 fully saturated rings. The van der Waals surface area contributed by atoms with Crippen LogP contribution in [0.4, 0.5) is 15.8 Å². The molecule has 8 nitrogen and oxygen atoms in total. The van der Waals surface area contributed by atoms with E-state index in [2.05, 4.69) is 5.32 Å². The van der Waals surface area contributed by atoms with E-state index >= 15 is 0 Å². The topological polar surface area (TPSA) is 83.9 Å². The van der Waals surface area contributed by atoms with Gasteiger partial charge in [-0.2, -0.15) is 4.31 Å². The highest BCUT2D eigenvalue weighted by Gasteiger charge is 2.29. The van der Waals surface area contributed by atoms with Crippen molar-refractivity contribution in [1.29, 1.82) is 0 Å². The third-order valence-electron chi connectivity index (χ3n) is 5.47. The number of hydrogen-bond acceptors (Lipinski definition) is 5. The molecule has 1 N–H and O–H groups in total. The molecule has 0 atom stereocenters. The molecule has 0 spiro atoms. The maximum atomic E-state index is 14.6. The zero-order valence-corrected chi connectivity index (χ0v) is 17.6. The van der Waals surface area contributed by atoms with Crippen LogP contribution in [0.3, 0.4) is 0 Å². The summed E-state index contributed by atoms with van der Waals surface area (Å²) in [5.74, 6) is -0.933. The van der Waals surface area contributed by atoms with Crippen LogP contribution < -0.4 is 10.2 Å². The summed E-state index contributed by atoms with van der Waals surface area (Å²) in [5.41, 5.74) is 0.958. The first-order valence-corrected chi connectivity index (χ1v) is 11.4. The molecule has 2 saturated heterocycles. The van der Waals surface area contributed by atoms with Crippen LogP contribution in [0.1, 0.15) is 23.3 Å². The van der Waals surface area contributed by atoms with Gasteiger partial charge in [0, 0.05) is 45.1 Å². The Labute approximate surface area is 175 Å². The van der Waals surface area contributed by atoms with Crippen molar-refractivity contribution >= 4 is 27.3 Å². The van der Waals surface area contributed by atoms with E-state index in [-0.39, 0.29) is 10.6 Å². The summed E-state index contributed by atoms with van der Waals surface area (Å²) in [4.78, 5) is 14.7. The maximum Gasteiger partial charge on any atom is 0.272 e. The Morgan fingerprint density at radius 3 is 2.47 bits per heavy atom. The maximum absolute atomic E-state index is 14.6. The average Bonchev–Trinajstić information content (AvgIpc) is 3.39. The van der Waals surface area contributed by atoms with Gasteiger partial charge in [0.25, 0.3) is 5.91 Å². The molecule has 2 aliphatic rings. The first-order valence-electron chi connectivity index (χ1n) is 9.96. The molecule has 30 heavy (non-hydrogen) atoms. The van der Waals surface area contributed by atoms with Gasteiger partial charge in [-0.15, -0.1) is 0 Å². The standard InChI is InChI=1S/C20H25FN4O4S/c1-23-14-16(30(27,28)25-6-2-3-7-25)13-19(23)20(26)22-15-4-5-18(17(21)12-15)24-8-10-29-11-9-24/h4-5,12-14H,2-3,6-11H2,1H3,(H,22,26). The number of carbonyl (C=O) groups excluding carboxylic acids is 1. The van der Waals surface area contributed by atoms with Gasteiger partial charge in [0.15, 0.2) is 0 Å². The van der Waals surface area contributed by atoms with Crippen molar-refractivity contribution in [3.8, 4) is 0 Å². The normalized spacial score (nSPS) is 18.0. The van der Waals surface area contributed by atoms with E-state index in [9.17, 15) is 17.6 Å². The second-order valence-electron chi connectivity index (χ2n) is 7.50. The van der Waals surface area contributed by atoms with E-state index in [1.165, 1.54) is 27.2 Å². The van der Waals surface area contributed by atoms with Gasteiger partial charge in [-0.1, -0.05) is 0 Å². The SMILES string of the molecule is Cn1cc(S(=O)(=O)N2CCCC2)cc1C(=O)Nc1ccc(N2CCOCC2)c(F)c1. The molecule has 2 aliphatic heterocycles. The van der Waals surface area contributed by atoms with Crippen molar-refractivity contribution < 1.29 is 22.3 Å². The van der Waals surface area contributed by atoms with E-state index in [1.54, 1.807) is 19.2 Å². The van der Waals surface area contributed by atoms with E-state index in [0.717, 1.165) is 12.8 Å². The molecule has 1 aromatic heterocycles. The number of benzene rings is 1. The van der Waals surface area contributed by atoms with Gasteiger partial charge in [-0.25, -0.2) is 12.8 Å². The first-order chi connectivity index (χ1) is 14.4. The quantitative estimate of drug-likeness (QED) is 0.776. The van der Waals surface area contributed by atoms with Gasteiger partial charge in [-0.05, 0) is 37.1 Å². The van der Waals surface area contributed by atoms with E-state index in [1.807, 2.05) is 4.90 Å². The van der Waals surface area contributed by atoms with Crippen LogP contribution in [0.25, 0.3) is 0 Å². The van der Waals surface area contributed by atoms with Gasteiger partial charge < -0.3 is 19.5 Å². The lowest BCUT2D eigenvalue weighted by molar-refractivity contribution is 0.101. The van der Waals surface area contributed by atoms with Crippen molar-refractivity contribution in [3.05, 3.63) is 42.0 Å². The highest BCUT2D eigenvalue weighted by molar-refractivity contribution is 7.89. The number of carbonyl (C=O) groups is 1. The molecule has 1 amide bonds. The predicted molar refractivity (Wildman–Crippen MR) is 111 cm³/mol. The fraction of sp³-hybridized carbons (Fsp3) is 0.450. The fourth-order valence-electron chi connectivity index (χ4n) is 3.82. The number of rotatable bonds is 5. The molecule has 1 aromatic carbocycles. The van der Waals surface area contributed by atoms with Crippen molar-refractivity contribution in [2.24, 2.45) is 7.05 Å². The lowest BCUT2D eigenvalue weighted by Crippen LogP contribution is -2.36.